The molecule has 2 nitrogen and oxygen atoms in total. The van der Waals surface area contributed by atoms with Gasteiger partial charge in [0.2, 0.25) is 0 Å². The first-order valence-electron chi connectivity index (χ1n) is 18.9. The third-order valence-corrected chi connectivity index (χ3v) is 8.29. The molecule has 0 heterocycles. The van der Waals surface area contributed by atoms with Gasteiger partial charge in [0.05, 0.1) is 6.61 Å². The van der Waals surface area contributed by atoms with Gasteiger partial charge in [0.15, 0.2) is 0 Å². The lowest BCUT2D eigenvalue weighted by Crippen LogP contribution is -2.05. The van der Waals surface area contributed by atoms with Crippen molar-refractivity contribution >= 4 is 5.97 Å². The van der Waals surface area contributed by atoms with Gasteiger partial charge in [-0.15, -0.1) is 0 Å². The molecule has 0 aliphatic heterocycles. The van der Waals surface area contributed by atoms with Crippen molar-refractivity contribution in [2.75, 3.05) is 6.61 Å². The van der Waals surface area contributed by atoms with E-state index in [4.69, 9.17) is 4.74 Å². The van der Waals surface area contributed by atoms with E-state index in [1.54, 1.807) is 0 Å². The number of hydrogen-bond donors (Lipinski definition) is 0. The first-order valence-corrected chi connectivity index (χ1v) is 18.9. The molecule has 0 aliphatic carbocycles. The molecule has 0 saturated carbocycles. The average Bonchev–Trinajstić information content (AvgIpc) is 3.00. The van der Waals surface area contributed by atoms with Crippen LogP contribution in [0.15, 0.2) is 36.5 Å². The van der Waals surface area contributed by atoms with E-state index in [2.05, 4.69) is 50.3 Å². The summed E-state index contributed by atoms with van der Waals surface area (Å²) >= 11 is 0. The molecule has 0 unspecified atom stereocenters. The molecule has 0 atom stereocenters. The van der Waals surface area contributed by atoms with E-state index in [0.29, 0.717) is 13.0 Å². The van der Waals surface area contributed by atoms with Crippen LogP contribution in [-0.2, 0) is 9.53 Å². The number of unbranched alkanes of at least 4 members (excludes halogenated alkanes) is 24. The zero-order chi connectivity index (χ0) is 30.4. The highest BCUT2D eigenvalue weighted by Crippen LogP contribution is 2.15. The van der Waals surface area contributed by atoms with Gasteiger partial charge in [-0.2, -0.15) is 0 Å². The summed E-state index contributed by atoms with van der Waals surface area (Å²) < 4.78 is 5.44. The number of rotatable bonds is 34. The summed E-state index contributed by atoms with van der Waals surface area (Å²) in [4.78, 5) is 11.9. The maximum atomic E-state index is 11.9. The smallest absolute Gasteiger partial charge is 0.305 e. The number of ether oxygens (including phenoxy) is 1. The minimum absolute atomic E-state index is 0.00831. The Balaban J connectivity index is 3.21. The van der Waals surface area contributed by atoms with Gasteiger partial charge in [-0.1, -0.05) is 192 Å². The third-order valence-electron chi connectivity index (χ3n) is 8.29. The number of carbonyl (C=O) groups excluding carboxylic acids is 1. The van der Waals surface area contributed by atoms with Gasteiger partial charge in [0.1, 0.15) is 0 Å². The highest BCUT2D eigenvalue weighted by atomic mass is 16.5. The van der Waals surface area contributed by atoms with Crippen LogP contribution in [0.5, 0.6) is 0 Å². The summed E-state index contributed by atoms with van der Waals surface area (Å²) in [7, 11) is 0. The first kappa shape index (κ1) is 40.7. The van der Waals surface area contributed by atoms with Crippen molar-refractivity contribution in [1.29, 1.82) is 0 Å². The van der Waals surface area contributed by atoms with Crippen LogP contribution in [0.4, 0.5) is 0 Å². The molecule has 0 aromatic rings. The molecule has 0 amide bonds. The van der Waals surface area contributed by atoms with Crippen molar-refractivity contribution in [1.82, 2.24) is 0 Å². The van der Waals surface area contributed by atoms with Gasteiger partial charge in [0, 0.05) is 6.42 Å². The number of hydrogen-bond acceptors (Lipinski definition) is 2. The van der Waals surface area contributed by atoms with Crippen molar-refractivity contribution in [2.24, 2.45) is 0 Å². The van der Waals surface area contributed by atoms with Crippen LogP contribution in [0, 0.1) is 0 Å². The molecule has 0 aliphatic rings. The van der Waals surface area contributed by atoms with Crippen LogP contribution in [0.1, 0.15) is 206 Å². The average molecular weight is 587 g/mol. The Morgan fingerprint density at radius 2 is 0.810 bits per heavy atom. The fourth-order valence-electron chi connectivity index (χ4n) is 5.50. The molecule has 42 heavy (non-hydrogen) atoms. The lowest BCUT2D eigenvalue weighted by molar-refractivity contribution is -0.143. The number of esters is 1. The summed E-state index contributed by atoms with van der Waals surface area (Å²) in [6.07, 6.45) is 52.2. The molecule has 0 aromatic carbocycles. The summed E-state index contributed by atoms with van der Waals surface area (Å²) in [5.74, 6) is 0.00831. The molecule has 0 fully saturated rings. The van der Waals surface area contributed by atoms with Crippen molar-refractivity contribution in [3.63, 3.8) is 0 Å². The van der Waals surface area contributed by atoms with Crippen molar-refractivity contribution in [2.45, 2.75) is 206 Å². The van der Waals surface area contributed by atoms with Gasteiger partial charge < -0.3 is 4.74 Å². The fraction of sp³-hybridized carbons (Fsp3) is 0.825. The van der Waals surface area contributed by atoms with E-state index in [0.717, 1.165) is 38.5 Å². The Hall–Kier alpha value is -1.31. The van der Waals surface area contributed by atoms with E-state index in [9.17, 15) is 4.79 Å². The van der Waals surface area contributed by atoms with Gasteiger partial charge in [-0.05, 0) is 44.9 Å². The molecule has 0 radical (unpaired) electrons. The second-order valence-corrected chi connectivity index (χ2v) is 12.5. The van der Waals surface area contributed by atoms with Crippen molar-refractivity contribution in [3.8, 4) is 0 Å². The minimum atomic E-state index is 0.00831. The molecule has 0 saturated heterocycles. The molecule has 0 rings (SSSR count). The van der Waals surface area contributed by atoms with E-state index in [-0.39, 0.29) is 5.97 Å². The van der Waals surface area contributed by atoms with E-state index >= 15 is 0 Å². The van der Waals surface area contributed by atoms with Gasteiger partial charge in [-0.3, -0.25) is 4.79 Å². The molecule has 0 spiro atoms. The van der Waals surface area contributed by atoms with Crippen LogP contribution >= 0.6 is 0 Å². The summed E-state index contributed by atoms with van der Waals surface area (Å²) in [5, 5.41) is 0. The largest absolute Gasteiger partial charge is 0.466 e. The molecule has 2 heteroatoms. The summed E-state index contributed by atoms with van der Waals surface area (Å²) in [6, 6.07) is 0. The molecular weight excluding hydrogens is 512 g/mol. The summed E-state index contributed by atoms with van der Waals surface area (Å²) in [6.45, 7) is 5.08. The van der Waals surface area contributed by atoms with Crippen LogP contribution in [0.25, 0.3) is 0 Å². The second-order valence-electron chi connectivity index (χ2n) is 12.5. The molecule has 0 N–H and O–H groups in total. The highest BCUT2D eigenvalue weighted by molar-refractivity contribution is 5.69. The monoisotopic (exact) mass is 587 g/mol. The zero-order valence-electron chi connectivity index (χ0n) is 28.7. The Kier molecular flexibility index (Phi) is 36.5. The van der Waals surface area contributed by atoms with E-state index < -0.39 is 0 Å². The van der Waals surface area contributed by atoms with Crippen LogP contribution in [0.2, 0.25) is 0 Å². The Morgan fingerprint density at radius 3 is 1.29 bits per heavy atom. The molecule has 0 bridgehead atoms. The van der Waals surface area contributed by atoms with Crippen molar-refractivity contribution in [3.05, 3.63) is 36.5 Å². The Bertz CT molecular complexity index is 603. The predicted molar refractivity (Wildman–Crippen MR) is 188 cm³/mol. The molecule has 246 valence electrons. The predicted octanol–water partition coefficient (Wildman–Crippen LogP) is 13.9. The maximum Gasteiger partial charge on any atom is 0.305 e. The van der Waals surface area contributed by atoms with E-state index in [1.807, 2.05) is 0 Å². The minimum Gasteiger partial charge on any atom is -0.466 e. The fourth-order valence-corrected chi connectivity index (χ4v) is 5.50. The standard InChI is InChI=1S/C40H74O2/c1-3-5-7-9-11-13-15-17-19-20-21-22-23-25-27-29-31-33-35-37-39-42-40(41)38-36-34-32-30-28-26-24-18-16-14-12-10-8-6-4-2/h6,8,12,14,18,24H,3-5,7,9-11,13,15-17,19-23,25-39H2,1-2H3/b8-6-,14-12-,24-18-. The number of allylic oxidation sites excluding steroid dienone is 6. The van der Waals surface area contributed by atoms with Crippen LogP contribution in [0.3, 0.4) is 0 Å². The van der Waals surface area contributed by atoms with E-state index in [1.165, 1.54) is 148 Å². The van der Waals surface area contributed by atoms with Gasteiger partial charge >= 0.3 is 5.97 Å². The lowest BCUT2D eigenvalue weighted by Gasteiger charge is -2.06. The van der Waals surface area contributed by atoms with Crippen LogP contribution in [-0.4, -0.2) is 12.6 Å². The van der Waals surface area contributed by atoms with Gasteiger partial charge in [0.25, 0.3) is 0 Å². The quantitative estimate of drug-likeness (QED) is 0.0426. The number of carbonyl (C=O) groups is 1. The molecule has 0 aromatic heterocycles. The summed E-state index contributed by atoms with van der Waals surface area (Å²) in [5.41, 5.74) is 0. The zero-order valence-corrected chi connectivity index (χ0v) is 28.7. The normalized spacial score (nSPS) is 12.0. The van der Waals surface area contributed by atoms with Gasteiger partial charge in [-0.25, -0.2) is 0 Å². The molecular formula is C40H74O2. The van der Waals surface area contributed by atoms with Crippen molar-refractivity contribution < 1.29 is 9.53 Å². The highest BCUT2D eigenvalue weighted by Gasteiger charge is 2.02. The third kappa shape index (κ3) is 36.7. The maximum absolute atomic E-state index is 11.9. The lowest BCUT2D eigenvalue weighted by atomic mass is 10.0. The Labute approximate surface area is 264 Å². The SMILES string of the molecule is CC/C=C\C/C=C\C/C=C\CCCCCCCC(=O)OCCCCCCCCCCCCCCCCCCCCCC. The Morgan fingerprint density at radius 1 is 0.429 bits per heavy atom. The first-order chi connectivity index (χ1) is 20.8. The topological polar surface area (TPSA) is 26.3 Å². The second kappa shape index (κ2) is 37.7. The van der Waals surface area contributed by atoms with Crippen LogP contribution < -0.4 is 0 Å².